The van der Waals surface area contributed by atoms with Crippen molar-refractivity contribution >= 4 is 0 Å². The molecule has 1 aliphatic rings. The molecule has 0 aromatic heterocycles. The minimum Gasteiger partial charge on any atom is -0.324 e. The van der Waals surface area contributed by atoms with Gasteiger partial charge in [0.05, 0.1) is 11.6 Å². The van der Waals surface area contributed by atoms with E-state index in [0.29, 0.717) is 0 Å². The lowest BCUT2D eigenvalue weighted by Gasteiger charge is -2.24. The average Bonchev–Trinajstić information content (AvgIpc) is 2.20. The molecule has 0 bridgehead atoms. The Bertz CT molecular complexity index is 402. The summed E-state index contributed by atoms with van der Waals surface area (Å²) < 4.78 is 0. The van der Waals surface area contributed by atoms with E-state index in [1.165, 1.54) is 11.1 Å². The van der Waals surface area contributed by atoms with Crippen LogP contribution in [0.3, 0.4) is 0 Å². The highest BCUT2D eigenvalue weighted by atomic mass is 14.6. The number of hydrogen-bond acceptors (Lipinski definition) is 2. The van der Waals surface area contributed by atoms with Gasteiger partial charge in [0.15, 0.2) is 0 Å². The van der Waals surface area contributed by atoms with Gasteiger partial charge in [-0.3, -0.25) is 0 Å². The maximum Gasteiger partial charge on any atom is 0.0994 e. The van der Waals surface area contributed by atoms with E-state index in [0.717, 1.165) is 30.4 Å². The zero-order valence-corrected chi connectivity index (χ0v) is 8.38. The average molecular weight is 186 g/mol. The number of nitrogens with zero attached hydrogens (tertiary/aromatic N) is 1. The van der Waals surface area contributed by atoms with Crippen LogP contribution in [-0.2, 0) is 6.42 Å². The summed E-state index contributed by atoms with van der Waals surface area (Å²) in [5.74, 6) is 0. The van der Waals surface area contributed by atoms with Crippen molar-refractivity contribution in [2.45, 2.75) is 32.2 Å². The summed E-state index contributed by atoms with van der Waals surface area (Å²) in [6, 6.07) is 6.30. The van der Waals surface area contributed by atoms with Gasteiger partial charge in [0.25, 0.3) is 0 Å². The fraction of sp³-hybridized carbons (Fsp3) is 0.417. The molecule has 1 unspecified atom stereocenters. The fourth-order valence-electron chi connectivity index (χ4n) is 2.23. The molecule has 0 radical (unpaired) electrons. The van der Waals surface area contributed by atoms with E-state index in [1.807, 2.05) is 19.1 Å². The van der Waals surface area contributed by atoms with Crippen LogP contribution in [0.5, 0.6) is 0 Å². The van der Waals surface area contributed by atoms with E-state index < -0.39 is 0 Å². The second-order valence-corrected chi connectivity index (χ2v) is 3.92. The maximum atomic E-state index is 8.90. The third-order valence-electron chi connectivity index (χ3n) is 3.10. The Hall–Kier alpha value is -1.33. The van der Waals surface area contributed by atoms with E-state index in [9.17, 15) is 0 Å². The predicted octanol–water partition coefficient (Wildman–Crippen LogP) is 2.20. The molecule has 2 N–H and O–H groups in total. The summed E-state index contributed by atoms with van der Waals surface area (Å²) >= 11 is 0. The van der Waals surface area contributed by atoms with Crippen LogP contribution >= 0.6 is 0 Å². The largest absolute Gasteiger partial charge is 0.324 e. The first kappa shape index (κ1) is 9.23. The molecule has 2 nitrogen and oxygen atoms in total. The molecule has 14 heavy (non-hydrogen) atoms. The Labute approximate surface area is 84.3 Å². The summed E-state index contributed by atoms with van der Waals surface area (Å²) in [5, 5.41) is 8.90. The van der Waals surface area contributed by atoms with Gasteiger partial charge < -0.3 is 5.73 Å². The van der Waals surface area contributed by atoms with Crippen molar-refractivity contribution in [3.05, 3.63) is 34.4 Å². The summed E-state index contributed by atoms with van der Waals surface area (Å²) in [6.45, 7) is 2.02. The van der Waals surface area contributed by atoms with Crippen LogP contribution in [0.25, 0.3) is 0 Å². The molecule has 1 aromatic carbocycles. The zero-order valence-electron chi connectivity index (χ0n) is 8.38. The number of rotatable bonds is 0. The minimum atomic E-state index is 0.171. The van der Waals surface area contributed by atoms with Crippen LogP contribution in [0, 0.1) is 18.3 Å². The Morgan fingerprint density at radius 1 is 1.50 bits per heavy atom. The Kier molecular flexibility index (Phi) is 2.26. The van der Waals surface area contributed by atoms with Crippen LogP contribution in [0.4, 0.5) is 0 Å². The zero-order chi connectivity index (χ0) is 10.1. The van der Waals surface area contributed by atoms with Gasteiger partial charge in [-0.1, -0.05) is 6.07 Å². The lowest BCUT2D eigenvalue weighted by atomic mass is 9.84. The molecule has 1 atom stereocenters. The van der Waals surface area contributed by atoms with Crippen LogP contribution in [-0.4, -0.2) is 0 Å². The van der Waals surface area contributed by atoms with Gasteiger partial charge >= 0.3 is 0 Å². The second kappa shape index (κ2) is 3.43. The van der Waals surface area contributed by atoms with E-state index in [1.54, 1.807) is 0 Å². The topological polar surface area (TPSA) is 49.8 Å². The van der Waals surface area contributed by atoms with Gasteiger partial charge in [-0.25, -0.2) is 0 Å². The van der Waals surface area contributed by atoms with Crippen LogP contribution in [0.1, 0.15) is 41.1 Å². The van der Waals surface area contributed by atoms with Crippen molar-refractivity contribution in [1.29, 1.82) is 5.26 Å². The first-order chi connectivity index (χ1) is 6.74. The third-order valence-corrected chi connectivity index (χ3v) is 3.10. The minimum absolute atomic E-state index is 0.171. The number of fused-ring (bicyclic) bond motifs is 1. The second-order valence-electron chi connectivity index (χ2n) is 3.92. The lowest BCUT2D eigenvalue weighted by molar-refractivity contribution is 0.568. The summed E-state index contributed by atoms with van der Waals surface area (Å²) in [4.78, 5) is 0. The molecule has 2 heteroatoms. The van der Waals surface area contributed by atoms with Crippen LogP contribution < -0.4 is 5.73 Å². The smallest absolute Gasteiger partial charge is 0.0994 e. The summed E-state index contributed by atoms with van der Waals surface area (Å²) in [7, 11) is 0. The standard InChI is InChI=1S/C12H14N2/c1-8-9(7-13)5-6-11-10(8)3-2-4-12(11)14/h5-6,12H,2-4,14H2,1H3. The van der Waals surface area contributed by atoms with Crippen molar-refractivity contribution in [2.24, 2.45) is 5.73 Å². The monoisotopic (exact) mass is 186 g/mol. The van der Waals surface area contributed by atoms with E-state index in [4.69, 9.17) is 11.0 Å². The molecule has 1 aromatic rings. The van der Waals surface area contributed by atoms with Gasteiger partial charge in [0, 0.05) is 6.04 Å². The molecular formula is C12H14N2. The number of hydrogen-bond donors (Lipinski definition) is 1. The van der Waals surface area contributed by atoms with Gasteiger partial charge in [-0.15, -0.1) is 0 Å². The Morgan fingerprint density at radius 2 is 2.29 bits per heavy atom. The van der Waals surface area contributed by atoms with Gasteiger partial charge in [0.1, 0.15) is 0 Å². The van der Waals surface area contributed by atoms with Crippen LogP contribution in [0.2, 0.25) is 0 Å². The van der Waals surface area contributed by atoms with E-state index >= 15 is 0 Å². The van der Waals surface area contributed by atoms with Crippen LogP contribution in [0.15, 0.2) is 12.1 Å². The van der Waals surface area contributed by atoms with Crippen molar-refractivity contribution in [2.75, 3.05) is 0 Å². The summed E-state index contributed by atoms with van der Waals surface area (Å²) in [6.07, 6.45) is 3.28. The number of nitriles is 1. The van der Waals surface area contributed by atoms with Crippen molar-refractivity contribution in [1.82, 2.24) is 0 Å². The maximum absolute atomic E-state index is 8.90. The molecule has 0 saturated heterocycles. The molecule has 0 amide bonds. The highest BCUT2D eigenvalue weighted by Gasteiger charge is 2.19. The van der Waals surface area contributed by atoms with Crippen molar-refractivity contribution in [3.8, 4) is 6.07 Å². The first-order valence-corrected chi connectivity index (χ1v) is 5.02. The first-order valence-electron chi connectivity index (χ1n) is 5.02. The Balaban J connectivity index is 2.59. The lowest BCUT2D eigenvalue weighted by Crippen LogP contribution is -2.18. The summed E-state index contributed by atoms with van der Waals surface area (Å²) in [5.41, 5.74) is 10.5. The van der Waals surface area contributed by atoms with E-state index in [-0.39, 0.29) is 6.04 Å². The fourth-order valence-corrected chi connectivity index (χ4v) is 2.23. The van der Waals surface area contributed by atoms with Crippen molar-refractivity contribution in [3.63, 3.8) is 0 Å². The van der Waals surface area contributed by atoms with Gasteiger partial charge in [-0.05, 0) is 48.9 Å². The highest BCUT2D eigenvalue weighted by molar-refractivity contribution is 5.48. The molecule has 0 fully saturated rings. The molecule has 0 spiro atoms. The molecule has 2 rings (SSSR count). The number of nitrogens with two attached hydrogens (primary N) is 1. The third kappa shape index (κ3) is 1.30. The molecule has 0 heterocycles. The van der Waals surface area contributed by atoms with Gasteiger partial charge in [0.2, 0.25) is 0 Å². The quantitative estimate of drug-likeness (QED) is 0.675. The van der Waals surface area contributed by atoms with Gasteiger partial charge in [-0.2, -0.15) is 5.26 Å². The molecule has 0 saturated carbocycles. The predicted molar refractivity (Wildman–Crippen MR) is 55.8 cm³/mol. The number of benzene rings is 1. The highest BCUT2D eigenvalue weighted by Crippen LogP contribution is 2.31. The molecule has 0 aliphatic heterocycles. The normalized spacial score (nSPS) is 19.9. The van der Waals surface area contributed by atoms with Crippen molar-refractivity contribution < 1.29 is 0 Å². The molecule has 72 valence electrons. The molecule has 1 aliphatic carbocycles. The van der Waals surface area contributed by atoms with E-state index in [2.05, 4.69) is 6.07 Å². The SMILES string of the molecule is Cc1c(C#N)ccc2c1CCCC2N. The molecular weight excluding hydrogens is 172 g/mol. The Morgan fingerprint density at radius 3 is 3.00 bits per heavy atom.